The lowest BCUT2D eigenvalue weighted by Crippen LogP contribution is -3.00. The van der Waals surface area contributed by atoms with Crippen molar-refractivity contribution in [2.75, 3.05) is 5.75 Å². The Hall–Kier alpha value is -0.320. The molecule has 0 unspecified atom stereocenters. The largest absolute Gasteiger partial charge is 1.00 e. The molecule has 0 aromatic heterocycles. The lowest BCUT2D eigenvalue weighted by molar-refractivity contribution is -0.00000473. The number of hydrogen-bond donors (Lipinski definition) is 0. The van der Waals surface area contributed by atoms with Gasteiger partial charge in [-0.25, -0.2) is 8.42 Å². The summed E-state index contributed by atoms with van der Waals surface area (Å²) in [4.78, 5) is 3.96. The van der Waals surface area contributed by atoms with Gasteiger partial charge < -0.3 is 12.4 Å². The zero-order chi connectivity index (χ0) is 9.03. The van der Waals surface area contributed by atoms with Crippen molar-refractivity contribution in [2.45, 2.75) is 6.42 Å². The van der Waals surface area contributed by atoms with Gasteiger partial charge in [0.05, 0.1) is 17.2 Å². The van der Waals surface area contributed by atoms with E-state index >= 15 is 0 Å². The van der Waals surface area contributed by atoms with E-state index in [2.05, 4.69) is 4.99 Å². The standard InChI is InChI=1S/C7H8ClNO2S.ClH/c8-12(10,11)6-4-7-3-1-2-5-9-7;/h1-3,5H,4,6H2;1H/q+1;/p-1. The molecule has 0 spiro atoms. The molecule has 0 saturated carbocycles. The molecule has 0 amide bonds. The van der Waals surface area contributed by atoms with Crippen molar-refractivity contribution in [3.8, 4) is 0 Å². The molecule has 6 heteroatoms. The zero-order valence-electron chi connectivity index (χ0n) is 6.65. The highest BCUT2D eigenvalue weighted by atomic mass is 35.7. The van der Waals surface area contributed by atoms with Crippen molar-refractivity contribution < 1.29 is 20.8 Å². The topological polar surface area (TPSA) is 48.2 Å². The summed E-state index contributed by atoms with van der Waals surface area (Å²) in [5, 5.41) is 0. The van der Waals surface area contributed by atoms with Gasteiger partial charge in [0.25, 0.3) is 5.70 Å². The minimum Gasteiger partial charge on any atom is -1.00 e. The lowest BCUT2D eigenvalue weighted by Gasteiger charge is -1.90. The smallest absolute Gasteiger partial charge is 0.255 e. The van der Waals surface area contributed by atoms with Gasteiger partial charge >= 0.3 is 0 Å². The Morgan fingerprint density at radius 3 is 2.54 bits per heavy atom. The van der Waals surface area contributed by atoms with Crippen LogP contribution >= 0.6 is 10.7 Å². The summed E-state index contributed by atoms with van der Waals surface area (Å²) in [7, 11) is 1.64. The predicted molar refractivity (Wildman–Crippen MR) is 49.7 cm³/mol. The van der Waals surface area contributed by atoms with Gasteiger partial charge in [-0.3, -0.25) is 0 Å². The van der Waals surface area contributed by atoms with Crippen molar-refractivity contribution in [2.24, 2.45) is 0 Å². The van der Waals surface area contributed by atoms with Crippen LogP contribution in [-0.2, 0) is 9.05 Å². The van der Waals surface area contributed by atoms with Gasteiger partial charge in [0.15, 0.2) is 0 Å². The van der Waals surface area contributed by atoms with Crippen molar-refractivity contribution in [3.05, 3.63) is 23.9 Å². The third-order valence-electron chi connectivity index (χ3n) is 1.33. The second-order valence-corrected chi connectivity index (χ2v) is 5.21. The molecule has 0 fully saturated rings. The minimum absolute atomic E-state index is 0. The number of aliphatic imine (C=N–C) groups is 1. The van der Waals surface area contributed by atoms with Crippen LogP contribution < -0.4 is 17.4 Å². The zero-order valence-corrected chi connectivity index (χ0v) is 8.98. The molecule has 0 saturated heterocycles. The monoisotopic (exact) mass is 240 g/mol. The van der Waals surface area contributed by atoms with Crippen LogP contribution in [0, 0.1) is 0 Å². The fourth-order valence-electron chi connectivity index (χ4n) is 0.772. The first kappa shape index (κ1) is 12.7. The fourth-order valence-corrected chi connectivity index (χ4v) is 1.46. The van der Waals surface area contributed by atoms with E-state index < -0.39 is 9.05 Å². The summed E-state index contributed by atoms with van der Waals surface area (Å²) in [6.45, 7) is 0. The summed E-state index contributed by atoms with van der Waals surface area (Å²) in [6.07, 6.45) is 7.34. The van der Waals surface area contributed by atoms with Crippen LogP contribution in [0.15, 0.2) is 23.9 Å². The van der Waals surface area contributed by atoms with Gasteiger partial charge in [0.2, 0.25) is 15.3 Å². The Labute approximate surface area is 88.0 Å². The van der Waals surface area contributed by atoms with E-state index in [-0.39, 0.29) is 18.2 Å². The Morgan fingerprint density at radius 1 is 1.38 bits per heavy atom. The lowest BCUT2D eigenvalue weighted by atomic mass is 10.3. The molecule has 0 aliphatic carbocycles. The molecule has 1 aliphatic rings. The molecule has 73 valence electrons. The molecule has 1 aliphatic heterocycles. The highest BCUT2D eigenvalue weighted by molar-refractivity contribution is 8.13. The predicted octanol–water partition coefficient (Wildman–Crippen LogP) is -2.19. The number of allylic oxidation sites excluding steroid dienone is 4. The fraction of sp³-hybridized carbons (Fsp3) is 0.286. The van der Waals surface area contributed by atoms with Crippen LogP contribution in [0.4, 0.5) is 0 Å². The van der Waals surface area contributed by atoms with E-state index in [1.54, 1.807) is 18.4 Å². The van der Waals surface area contributed by atoms with Crippen LogP contribution in [0.3, 0.4) is 0 Å². The average Bonchev–Trinajstić information content (AvgIpc) is 2.02. The molecular formula is C7H8Cl2NO2S. The normalized spacial score (nSPS) is 15.0. The van der Waals surface area contributed by atoms with E-state index in [0.717, 1.165) is 5.70 Å². The van der Waals surface area contributed by atoms with Gasteiger partial charge in [-0.1, -0.05) is 0 Å². The summed E-state index contributed by atoms with van der Waals surface area (Å²) < 4.78 is 21.1. The number of halogens is 2. The van der Waals surface area contributed by atoms with Gasteiger partial charge in [-0.15, -0.1) is 0 Å². The number of hydrogen-bond acceptors (Lipinski definition) is 3. The van der Waals surface area contributed by atoms with Crippen molar-refractivity contribution in [1.29, 1.82) is 0 Å². The van der Waals surface area contributed by atoms with E-state index in [9.17, 15) is 8.42 Å². The molecule has 1 radical (unpaired) electrons. The van der Waals surface area contributed by atoms with Gasteiger partial charge in [-0.05, 0) is 6.08 Å². The summed E-state index contributed by atoms with van der Waals surface area (Å²) in [5.74, 6) is -0.0639. The van der Waals surface area contributed by atoms with Crippen LogP contribution in [-0.4, -0.2) is 20.4 Å². The van der Waals surface area contributed by atoms with Crippen molar-refractivity contribution >= 4 is 25.9 Å². The Kier molecular flexibility index (Phi) is 5.29. The Balaban J connectivity index is 0.00000144. The van der Waals surface area contributed by atoms with E-state index in [1.165, 1.54) is 0 Å². The molecule has 0 N–H and O–H groups in total. The Morgan fingerprint density at radius 2 is 2.08 bits per heavy atom. The maximum atomic E-state index is 10.5. The first-order valence-electron chi connectivity index (χ1n) is 3.40. The van der Waals surface area contributed by atoms with Crippen LogP contribution in [0.1, 0.15) is 6.42 Å². The molecule has 1 heterocycles. The molecule has 3 nitrogen and oxygen atoms in total. The Bertz CT molecular complexity index is 344. The van der Waals surface area contributed by atoms with Gasteiger partial charge in [0, 0.05) is 22.8 Å². The molecule has 13 heavy (non-hydrogen) atoms. The van der Waals surface area contributed by atoms with E-state index in [4.69, 9.17) is 10.7 Å². The van der Waals surface area contributed by atoms with Crippen molar-refractivity contribution in [1.82, 2.24) is 4.99 Å². The molecule has 0 bridgehead atoms. The molecule has 0 aromatic rings. The van der Waals surface area contributed by atoms with E-state index in [0.29, 0.717) is 6.42 Å². The molecule has 0 aromatic carbocycles. The third-order valence-corrected chi connectivity index (χ3v) is 2.48. The van der Waals surface area contributed by atoms with Gasteiger partial charge in [-0.2, -0.15) is 0 Å². The molecular weight excluding hydrogens is 233 g/mol. The molecule has 1 rings (SSSR count). The highest BCUT2D eigenvalue weighted by Crippen LogP contribution is 2.05. The summed E-state index contributed by atoms with van der Waals surface area (Å²) in [6, 6.07) is 0. The SMILES string of the molecule is O=S(=O)(Cl)CCC1=CC=CC=[N+]1.[Cl-]. The van der Waals surface area contributed by atoms with E-state index in [1.807, 2.05) is 6.08 Å². The average molecular weight is 241 g/mol. The minimum atomic E-state index is -3.39. The van der Waals surface area contributed by atoms with Crippen LogP contribution in [0.5, 0.6) is 0 Å². The van der Waals surface area contributed by atoms with Gasteiger partial charge in [0.1, 0.15) is 0 Å². The number of rotatable bonds is 3. The van der Waals surface area contributed by atoms with Crippen LogP contribution in [0.2, 0.25) is 0 Å². The van der Waals surface area contributed by atoms with Crippen LogP contribution in [0.25, 0.3) is 0 Å². The molecule has 0 atom stereocenters. The highest BCUT2D eigenvalue weighted by Gasteiger charge is 2.13. The van der Waals surface area contributed by atoms with Crippen molar-refractivity contribution in [3.63, 3.8) is 0 Å². The second-order valence-electron chi connectivity index (χ2n) is 2.31. The maximum Gasteiger partial charge on any atom is 0.255 e. The third kappa shape index (κ3) is 5.85. The maximum absolute atomic E-state index is 10.5. The number of nitrogens with zero attached hydrogens (tertiary/aromatic N) is 1. The quantitative estimate of drug-likeness (QED) is 0.527. The summed E-state index contributed by atoms with van der Waals surface area (Å²) in [5.41, 5.74) is 0.738. The second kappa shape index (κ2) is 5.42. The summed E-state index contributed by atoms with van der Waals surface area (Å²) >= 11 is 0. The first-order valence-corrected chi connectivity index (χ1v) is 5.88. The first-order chi connectivity index (χ1) is 5.58.